The quantitative estimate of drug-likeness (QED) is 0.806. The van der Waals surface area contributed by atoms with Crippen molar-refractivity contribution < 1.29 is 14.3 Å². The maximum absolute atomic E-state index is 12.1. The second-order valence-corrected chi connectivity index (χ2v) is 7.88. The Morgan fingerprint density at radius 3 is 2.74 bits per heavy atom. The summed E-state index contributed by atoms with van der Waals surface area (Å²) in [7, 11) is 1.35. The van der Waals surface area contributed by atoms with E-state index in [0.29, 0.717) is 28.0 Å². The summed E-state index contributed by atoms with van der Waals surface area (Å²) >= 11 is 1.18. The molecule has 23 heavy (non-hydrogen) atoms. The third-order valence-electron chi connectivity index (χ3n) is 3.90. The van der Waals surface area contributed by atoms with Gasteiger partial charge in [0.05, 0.1) is 12.8 Å². The van der Waals surface area contributed by atoms with E-state index in [9.17, 15) is 9.59 Å². The number of nitrogens with zero attached hydrogens (tertiary/aromatic N) is 1. The first-order chi connectivity index (χ1) is 10.8. The van der Waals surface area contributed by atoms with E-state index >= 15 is 0 Å². The Bertz CT molecular complexity index is 572. The molecule has 1 amide bonds. The molecular weight excluding hydrogens is 314 g/mol. The summed E-state index contributed by atoms with van der Waals surface area (Å²) in [6.07, 6.45) is 2.48. The van der Waals surface area contributed by atoms with Crippen LogP contribution in [0, 0.1) is 5.92 Å². The van der Waals surface area contributed by atoms with Crippen molar-refractivity contribution in [1.29, 1.82) is 0 Å². The van der Waals surface area contributed by atoms with Gasteiger partial charge in [-0.1, -0.05) is 32.1 Å². The van der Waals surface area contributed by atoms with Crippen molar-refractivity contribution in [3.63, 3.8) is 0 Å². The van der Waals surface area contributed by atoms with Crippen molar-refractivity contribution in [3.05, 3.63) is 10.6 Å². The van der Waals surface area contributed by atoms with Gasteiger partial charge >= 0.3 is 5.97 Å². The molecule has 2 N–H and O–H groups in total. The van der Waals surface area contributed by atoms with Crippen molar-refractivity contribution in [1.82, 2.24) is 10.3 Å². The zero-order valence-corrected chi connectivity index (χ0v) is 15.0. The molecule has 1 saturated heterocycles. The Morgan fingerprint density at radius 1 is 1.43 bits per heavy atom. The summed E-state index contributed by atoms with van der Waals surface area (Å²) in [5.41, 5.74) is 0.364. The van der Waals surface area contributed by atoms with Gasteiger partial charge in [-0.2, -0.15) is 0 Å². The van der Waals surface area contributed by atoms with Gasteiger partial charge in [-0.05, 0) is 31.8 Å². The zero-order valence-electron chi connectivity index (χ0n) is 14.2. The molecule has 1 fully saturated rings. The first-order valence-corrected chi connectivity index (χ1v) is 8.73. The molecule has 2 heterocycles. The highest BCUT2D eigenvalue weighted by atomic mass is 32.1. The van der Waals surface area contributed by atoms with Crippen molar-refractivity contribution in [3.8, 4) is 0 Å². The number of ether oxygens (including phenoxy) is 1. The molecule has 0 bridgehead atoms. The van der Waals surface area contributed by atoms with E-state index in [0.717, 1.165) is 25.9 Å². The largest absolute Gasteiger partial charge is 0.465 e. The van der Waals surface area contributed by atoms with Crippen LogP contribution in [0.1, 0.15) is 55.4 Å². The van der Waals surface area contributed by atoms with Gasteiger partial charge in [0.1, 0.15) is 4.88 Å². The molecule has 1 aliphatic rings. The molecule has 1 unspecified atom stereocenters. The second kappa shape index (κ2) is 7.40. The van der Waals surface area contributed by atoms with Gasteiger partial charge in [-0.3, -0.25) is 4.79 Å². The molecule has 1 aromatic heterocycles. The lowest BCUT2D eigenvalue weighted by Crippen LogP contribution is -2.17. The minimum Gasteiger partial charge on any atom is -0.465 e. The Balaban J connectivity index is 2.03. The number of amides is 1. The normalized spacial score (nSPS) is 18.0. The lowest BCUT2D eigenvalue weighted by Gasteiger charge is -2.16. The van der Waals surface area contributed by atoms with Gasteiger partial charge < -0.3 is 15.4 Å². The minimum absolute atomic E-state index is 0.0532. The van der Waals surface area contributed by atoms with Crippen LogP contribution in [0.4, 0.5) is 5.13 Å². The number of carbonyl (C=O) groups excluding carboxylic acids is 2. The SMILES string of the molecule is COC(=O)c1sc(NC(=O)CCC2CCNC2)nc1C(C)(C)C. The van der Waals surface area contributed by atoms with Crippen molar-refractivity contribution in [2.45, 2.75) is 45.4 Å². The van der Waals surface area contributed by atoms with Gasteiger partial charge in [-0.25, -0.2) is 9.78 Å². The number of aromatic nitrogens is 1. The van der Waals surface area contributed by atoms with Gasteiger partial charge in [0.25, 0.3) is 0 Å². The topological polar surface area (TPSA) is 80.3 Å². The number of methoxy groups -OCH3 is 1. The fraction of sp³-hybridized carbons (Fsp3) is 0.688. The zero-order chi connectivity index (χ0) is 17.0. The van der Waals surface area contributed by atoms with Gasteiger partial charge in [-0.15, -0.1) is 0 Å². The Morgan fingerprint density at radius 2 is 2.17 bits per heavy atom. The standard InChI is InChI=1S/C16H25N3O3S/c1-16(2,3)13-12(14(21)22-4)23-15(19-13)18-11(20)6-5-10-7-8-17-9-10/h10,17H,5-9H2,1-4H3,(H,18,19,20). The smallest absolute Gasteiger partial charge is 0.350 e. The molecule has 0 saturated carbocycles. The van der Waals surface area contributed by atoms with E-state index in [-0.39, 0.29) is 11.3 Å². The summed E-state index contributed by atoms with van der Waals surface area (Å²) in [6.45, 7) is 7.97. The predicted octanol–water partition coefficient (Wildman–Crippen LogP) is 2.56. The summed E-state index contributed by atoms with van der Waals surface area (Å²) in [4.78, 5) is 28.9. The number of nitrogens with one attached hydrogen (secondary N) is 2. The van der Waals surface area contributed by atoms with Crippen LogP contribution >= 0.6 is 11.3 Å². The molecule has 2 rings (SSSR count). The third-order valence-corrected chi connectivity index (χ3v) is 4.85. The van der Waals surface area contributed by atoms with Gasteiger partial charge in [0, 0.05) is 11.8 Å². The number of esters is 1. The Kier molecular flexibility index (Phi) is 5.75. The maximum atomic E-state index is 12.1. The monoisotopic (exact) mass is 339 g/mol. The summed E-state index contributed by atoms with van der Waals surface area (Å²) in [5, 5.41) is 6.58. The highest BCUT2D eigenvalue weighted by molar-refractivity contribution is 7.17. The second-order valence-electron chi connectivity index (χ2n) is 6.88. The summed E-state index contributed by atoms with van der Waals surface area (Å²) in [6, 6.07) is 0. The van der Waals surface area contributed by atoms with Crippen molar-refractivity contribution >= 4 is 28.3 Å². The molecule has 1 aliphatic heterocycles. The van der Waals surface area contributed by atoms with Crippen LogP contribution in [0.5, 0.6) is 0 Å². The predicted molar refractivity (Wildman–Crippen MR) is 91.0 cm³/mol. The van der Waals surface area contributed by atoms with E-state index in [2.05, 4.69) is 15.6 Å². The van der Waals surface area contributed by atoms with E-state index in [1.807, 2.05) is 20.8 Å². The minimum atomic E-state index is -0.412. The molecular formula is C16H25N3O3S. The fourth-order valence-electron chi connectivity index (χ4n) is 2.59. The highest BCUT2D eigenvalue weighted by Gasteiger charge is 2.28. The van der Waals surface area contributed by atoms with Crippen LogP contribution < -0.4 is 10.6 Å². The molecule has 0 aliphatic carbocycles. The van der Waals surface area contributed by atoms with Crippen LogP contribution in [0.25, 0.3) is 0 Å². The fourth-order valence-corrected chi connectivity index (χ4v) is 3.70. The van der Waals surface area contributed by atoms with Gasteiger partial charge in [0.2, 0.25) is 5.91 Å². The highest BCUT2D eigenvalue weighted by Crippen LogP contribution is 2.32. The van der Waals surface area contributed by atoms with E-state index in [1.54, 1.807) is 0 Å². The molecule has 0 spiro atoms. The number of anilines is 1. The van der Waals surface area contributed by atoms with Crippen molar-refractivity contribution in [2.75, 3.05) is 25.5 Å². The third kappa shape index (κ3) is 4.75. The average Bonchev–Trinajstić information content (AvgIpc) is 3.13. The molecule has 6 nitrogen and oxygen atoms in total. The number of thiazole rings is 1. The number of hydrogen-bond acceptors (Lipinski definition) is 6. The number of rotatable bonds is 5. The maximum Gasteiger partial charge on any atom is 0.350 e. The van der Waals surface area contributed by atoms with Crippen molar-refractivity contribution in [2.24, 2.45) is 5.92 Å². The molecule has 0 aromatic carbocycles. The number of hydrogen-bond donors (Lipinski definition) is 2. The lowest BCUT2D eigenvalue weighted by molar-refractivity contribution is -0.116. The Hall–Kier alpha value is -1.47. The van der Waals surface area contributed by atoms with Crippen LogP contribution in [0.3, 0.4) is 0 Å². The van der Waals surface area contributed by atoms with Crippen LogP contribution in [0.15, 0.2) is 0 Å². The van der Waals surface area contributed by atoms with Crippen LogP contribution in [-0.2, 0) is 14.9 Å². The molecule has 1 aromatic rings. The van der Waals surface area contributed by atoms with E-state index in [4.69, 9.17) is 4.74 Å². The first kappa shape index (κ1) is 17.9. The molecule has 1 atom stereocenters. The average molecular weight is 339 g/mol. The molecule has 0 radical (unpaired) electrons. The van der Waals surface area contributed by atoms with Gasteiger partial charge in [0.15, 0.2) is 5.13 Å². The van der Waals surface area contributed by atoms with E-state index < -0.39 is 5.97 Å². The molecule has 7 heteroatoms. The molecule has 128 valence electrons. The first-order valence-electron chi connectivity index (χ1n) is 7.91. The van der Waals surface area contributed by atoms with Crippen LogP contribution in [0.2, 0.25) is 0 Å². The van der Waals surface area contributed by atoms with E-state index in [1.165, 1.54) is 18.4 Å². The van der Waals surface area contributed by atoms with Crippen LogP contribution in [-0.4, -0.2) is 37.1 Å². The Labute approximate surface area is 141 Å². The summed E-state index contributed by atoms with van der Waals surface area (Å²) in [5.74, 6) is 0.111. The lowest BCUT2D eigenvalue weighted by atomic mass is 9.91. The summed E-state index contributed by atoms with van der Waals surface area (Å²) < 4.78 is 4.82. The number of carbonyl (C=O) groups is 2.